The van der Waals surface area contributed by atoms with Gasteiger partial charge in [0.1, 0.15) is 0 Å². The first-order valence-electron chi connectivity index (χ1n) is 9.08. The lowest BCUT2D eigenvalue weighted by Gasteiger charge is -2.17. The highest BCUT2D eigenvalue weighted by molar-refractivity contribution is 6.05. The summed E-state index contributed by atoms with van der Waals surface area (Å²) in [5, 5.41) is 5.61. The molecule has 0 unspecified atom stereocenters. The normalized spacial score (nSPS) is 12.7. The van der Waals surface area contributed by atoms with E-state index in [2.05, 4.69) is 10.6 Å². The van der Waals surface area contributed by atoms with Crippen LogP contribution >= 0.6 is 0 Å². The Labute approximate surface area is 157 Å². The topological polar surface area (TPSA) is 84.5 Å². The highest BCUT2D eigenvalue weighted by Crippen LogP contribution is 2.24. The molecule has 0 aromatic heterocycles. The molecular formula is C21H22N2O4. The second-order valence-corrected chi connectivity index (χ2v) is 6.44. The third-order valence-corrected chi connectivity index (χ3v) is 4.37. The van der Waals surface area contributed by atoms with Gasteiger partial charge in [-0.2, -0.15) is 0 Å². The summed E-state index contributed by atoms with van der Waals surface area (Å²) in [6.07, 6.45) is 2.85. The van der Waals surface area contributed by atoms with Crippen LogP contribution in [0.4, 0.5) is 11.4 Å². The first kappa shape index (κ1) is 18.6. The summed E-state index contributed by atoms with van der Waals surface area (Å²) in [4.78, 5) is 35.8. The molecule has 3 rings (SSSR count). The molecule has 2 N–H and O–H groups in total. The molecule has 1 heterocycles. The number of ether oxygens (including phenoxy) is 1. The van der Waals surface area contributed by atoms with E-state index >= 15 is 0 Å². The Morgan fingerprint density at radius 3 is 2.56 bits per heavy atom. The summed E-state index contributed by atoms with van der Waals surface area (Å²) < 4.78 is 5.16. The number of hydrogen-bond donors (Lipinski definition) is 2. The first-order valence-corrected chi connectivity index (χ1v) is 9.08. The molecule has 0 radical (unpaired) electrons. The number of esters is 1. The number of nitrogens with one attached hydrogen (secondary N) is 2. The average Bonchev–Trinajstić information content (AvgIpc) is 2.68. The van der Waals surface area contributed by atoms with Crippen LogP contribution in [0.2, 0.25) is 0 Å². The molecule has 0 saturated heterocycles. The minimum absolute atomic E-state index is 0.00647. The van der Waals surface area contributed by atoms with Gasteiger partial charge in [-0.25, -0.2) is 4.79 Å². The molecule has 0 aliphatic carbocycles. The van der Waals surface area contributed by atoms with Crippen LogP contribution in [0.1, 0.15) is 52.5 Å². The molecule has 2 amide bonds. The largest absolute Gasteiger partial charge is 0.462 e. The van der Waals surface area contributed by atoms with Crippen LogP contribution in [-0.4, -0.2) is 24.4 Å². The predicted octanol–water partition coefficient (Wildman–Crippen LogP) is 3.78. The van der Waals surface area contributed by atoms with Crippen LogP contribution in [0, 0.1) is 0 Å². The Bertz CT molecular complexity index is 859. The smallest absolute Gasteiger partial charge is 0.338 e. The van der Waals surface area contributed by atoms with Gasteiger partial charge in [0.15, 0.2) is 0 Å². The molecule has 1 aliphatic heterocycles. The van der Waals surface area contributed by atoms with Gasteiger partial charge in [0.2, 0.25) is 5.91 Å². The van der Waals surface area contributed by atoms with Crippen molar-refractivity contribution in [2.45, 2.75) is 32.6 Å². The maximum atomic E-state index is 12.5. The monoisotopic (exact) mass is 366 g/mol. The fourth-order valence-corrected chi connectivity index (χ4v) is 2.81. The van der Waals surface area contributed by atoms with Crippen molar-refractivity contribution < 1.29 is 19.1 Å². The van der Waals surface area contributed by atoms with Crippen LogP contribution < -0.4 is 10.6 Å². The van der Waals surface area contributed by atoms with E-state index in [1.807, 2.05) is 6.92 Å². The zero-order chi connectivity index (χ0) is 19.2. The molecule has 0 saturated carbocycles. The quantitative estimate of drug-likeness (QED) is 0.602. The summed E-state index contributed by atoms with van der Waals surface area (Å²) in [6, 6.07) is 11.8. The van der Waals surface area contributed by atoms with E-state index in [9.17, 15) is 14.4 Å². The van der Waals surface area contributed by atoms with Gasteiger partial charge in [-0.05, 0) is 60.9 Å². The Hall–Kier alpha value is -3.15. The van der Waals surface area contributed by atoms with E-state index in [0.29, 0.717) is 36.3 Å². The summed E-state index contributed by atoms with van der Waals surface area (Å²) in [5.74, 6) is -0.612. The van der Waals surface area contributed by atoms with E-state index < -0.39 is 0 Å². The fraction of sp³-hybridized carbons (Fsp3) is 0.286. The van der Waals surface area contributed by atoms with Crippen LogP contribution in [0.25, 0.3) is 0 Å². The van der Waals surface area contributed by atoms with Gasteiger partial charge < -0.3 is 15.4 Å². The maximum Gasteiger partial charge on any atom is 0.338 e. The maximum absolute atomic E-state index is 12.5. The number of amides is 2. The van der Waals surface area contributed by atoms with Gasteiger partial charge in [-0.3, -0.25) is 9.59 Å². The molecule has 0 atom stereocenters. The summed E-state index contributed by atoms with van der Waals surface area (Å²) >= 11 is 0. The van der Waals surface area contributed by atoms with Crippen molar-refractivity contribution in [3.8, 4) is 0 Å². The molecule has 0 spiro atoms. The highest BCUT2D eigenvalue weighted by atomic mass is 16.5. The summed E-state index contributed by atoms with van der Waals surface area (Å²) in [5.41, 5.74) is 3.28. The number of hydrogen-bond acceptors (Lipinski definition) is 4. The van der Waals surface area contributed by atoms with E-state index in [0.717, 1.165) is 24.1 Å². The number of aryl methyl sites for hydroxylation is 1. The molecule has 0 fully saturated rings. The van der Waals surface area contributed by atoms with Crippen molar-refractivity contribution in [1.82, 2.24) is 0 Å². The van der Waals surface area contributed by atoms with Crippen molar-refractivity contribution in [3.63, 3.8) is 0 Å². The standard InChI is InChI=1S/C21H22N2O4/c1-2-3-12-27-21(26)14-4-8-17(9-5-14)22-20(25)16-6-10-18-15(13-16)7-11-19(24)23-18/h4-6,8-10,13H,2-3,7,11-12H2,1H3,(H,22,25)(H,23,24). The molecular weight excluding hydrogens is 344 g/mol. The number of fused-ring (bicyclic) bond motifs is 1. The number of carbonyl (C=O) groups excluding carboxylic acids is 3. The van der Waals surface area contributed by atoms with E-state index in [1.165, 1.54) is 0 Å². The van der Waals surface area contributed by atoms with E-state index in [1.54, 1.807) is 42.5 Å². The Morgan fingerprint density at radius 2 is 1.81 bits per heavy atom. The van der Waals surface area contributed by atoms with Gasteiger partial charge in [-0.1, -0.05) is 13.3 Å². The molecule has 1 aliphatic rings. The molecule has 27 heavy (non-hydrogen) atoms. The molecule has 2 aromatic carbocycles. The molecule has 2 aromatic rings. The van der Waals surface area contributed by atoms with Crippen LogP contribution in [-0.2, 0) is 16.0 Å². The zero-order valence-corrected chi connectivity index (χ0v) is 15.2. The second kappa shape index (κ2) is 8.49. The first-order chi connectivity index (χ1) is 13.1. The average molecular weight is 366 g/mol. The number of carbonyl (C=O) groups is 3. The Balaban J connectivity index is 1.62. The van der Waals surface area contributed by atoms with Crippen molar-refractivity contribution >= 4 is 29.2 Å². The lowest BCUT2D eigenvalue weighted by atomic mass is 10.00. The molecule has 0 bridgehead atoms. The van der Waals surface area contributed by atoms with Crippen molar-refractivity contribution in [2.75, 3.05) is 17.2 Å². The summed E-state index contributed by atoms with van der Waals surface area (Å²) in [7, 11) is 0. The second-order valence-electron chi connectivity index (χ2n) is 6.44. The van der Waals surface area contributed by atoms with Crippen LogP contribution in [0.3, 0.4) is 0 Å². The van der Waals surface area contributed by atoms with Crippen LogP contribution in [0.5, 0.6) is 0 Å². The molecule has 6 nitrogen and oxygen atoms in total. The fourth-order valence-electron chi connectivity index (χ4n) is 2.81. The molecule has 140 valence electrons. The Kier molecular flexibility index (Phi) is 5.86. The number of unbranched alkanes of at least 4 members (excludes halogenated alkanes) is 1. The number of anilines is 2. The lowest BCUT2D eigenvalue weighted by molar-refractivity contribution is -0.116. The van der Waals surface area contributed by atoms with Crippen molar-refractivity contribution in [3.05, 3.63) is 59.2 Å². The third kappa shape index (κ3) is 4.73. The highest BCUT2D eigenvalue weighted by Gasteiger charge is 2.17. The van der Waals surface area contributed by atoms with E-state index in [4.69, 9.17) is 4.74 Å². The van der Waals surface area contributed by atoms with Gasteiger partial charge in [0.25, 0.3) is 5.91 Å². The lowest BCUT2D eigenvalue weighted by Crippen LogP contribution is -2.20. The van der Waals surface area contributed by atoms with Crippen molar-refractivity contribution in [1.29, 1.82) is 0 Å². The van der Waals surface area contributed by atoms with Crippen molar-refractivity contribution in [2.24, 2.45) is 0 Å². The zero-order valence-electron chi connectivity index (χ0n) is 15.2. The molecule has 6 heteroatoms. The minimum Gasteiger partial charge on any atom is -0.462 e. The summed E-state index contributed by atoms with van der Waals surface area (Å²) in [6.45, 7) is 2.44. The van der Waals surface area contributed by atoms with Gasteiger partial charge in [0.05, 0.1) is 12.2 Å². The predicted molar refractivity (Wildman–Crippen MR) is 103 cm³/mol. The third-order valence-electron chi connectivity index (χ3n) is 4.37. The number of benzene rings is 2. The number of rotatable bonds is 6. The van der Waals surface area contributed by atoms with Gasteiger partial charge in [-0.15, -0.1) is 0 Å². The minimum atomic E-state index is -0.363. The van der Waals surface area contributed by atoms with Gasteiger partial charge >= 0.3 is 5.97 Å². The van der Waals surface area contributed by atoms with Crippen LogP contribution in [0.15, 0.2) is 42.5 Å². The van der Waals surface area contributed by atoms with Gasteiger partial charge in [0, 0.05) is 23.4 Å². The van der Waals surface area contributed by atoms with E-state index in [-0.39, 0.29) is 17.8 Å². The SMILES string of the molecule is CCCCOC(=O)c1ccc(NC(=O)c2ccc3c(c2)CCC(=O)N3)cc1. The Morgan fingerprint density at radius 1 is 1.07 bits per heavy atom.